The first-order chi connectivity index (χ1) is 10.4. The average Bonchev–Trinajstić information content (AvgIpc) is 2.98. The van der Waals surface area contributed by atoms with Crippen LogP contribution in [0.25, 0.3) is 0 Å². The molecule has 0 aliphatic carbocycles. The van der Waals surface area contributed by atoms with E-state index in [2.05, 4.69) is 4.72 Å². The molecular formula is C15H16N2O4S. The Labute approximate surface area is 128 Å². The van der Waals surface area contributed by atoms with E-state index in [-0.39, 0.29) is 11.7 Å². The van der Waals surface area contributed by atoms with Gasteiger partial charge in [0.25, 0.3) is 5.91 Å². The van der Waals surface area contributed by atoms with Gasteiger partial charge in [0.15, 0.2) is 5.76 Å². The number of amides is 1. The molecule has 0 spiro atoms. The summed E-state index contributed by atoms with van der Waals surface area (Å²) in [6, 6.07) is 8.54. The molecule has 1 aliphatic heterocycles. The molecule has 0 unspecified atom stereocenters. The van der Waals surface area contributed by atoms with Crippen molar-refractivity contribution in [1.82, 2.24) is 0 Å². The Kier molecular flexibility index (Phi) is 3.66. The largest absolute Gasteiger partial charge is 0.459 e. The number of benzene rings is 1. The van der Waals surface area contributed by atoms with E-state index in [0.717, 1.165) is 30.3 Å². The van der Waals surface area contributed by atoms with Gasteiger partial charge in [-0.3, -0.25) is 9.52 Å². The molecule has 0 saturated heterocycles. The molecule has 3 rings (SSSR count). The van der Waals surface area contributed by atoms with E-state index in [4.69, 9.17) is 4.42 Å². The number of carbonyl (C=O) groups excluding carboxylic acids is 1. The van der Waals surface area contributed by atoms with Crippen LogP contribution in [-0.2, 0) is 16.4 Å². The normalized spacial score (nSPS) is 14.5. The number of carbonyl (C=O) groups is 1. The molecule has 116 valence electrons. The smallest absolute Gasteiger partial charge is 0.293 e. The van der Waals surface area contributed by atoms with Crippen LogP contribution < -0.4 is 9.62 Å². The van der Waals surface area contributed by atoms with Crippen molar-refractivity contribution in [1.29, 1.82) is 0 Å². The monoisotopic (exact) mass is 320 g/mol. The minimum atomic E-state index is -3.36. The van der Waals surface area contributed by atoms with Crippen molar-refractivity contribution in [3.05, 3.63) is 47.9 Å². The van der Waals surface area contributed by atoms with Gasteiger partial charge in [0.1, 0.15) is 0 Å². The zero-order valence-electron chi connectivity index (χ0n) is 12.1. The van der Waals surface area contributed by atoms with Crippen LogP contribution in [0, 0.1) is 0 Å². The third kappa shape index (κ3) is 2.99. The molecule has 6 nitrogen and oxygen atoms in total. The van der Waals surface area contributed by atoms with Gasteiger partial charge in [0, 0.05) is 12.2 Å². The van der Waals surface area contributed by atoms with E-state index in [1.165, 1.54) is 6.26 Å². The lowest BCUT2D eigenvalue weighted by Crippen LogP contribution is -2.35. The summed E-state index contributed by atoms with van der Waals surface area (Å²) in [6.45, 7) is 0.578. The number of nitrogens with zero attached hydrogens (tertiary/aromatic N) is 1. The molecule has 2 heterocycles. The van der Waals surface area contributed by atoms with Crippen LogP contribution in [0.1, 0.15) is 22.5 Å². The number of fused-ring (bicyclic) bond motifs is 1. The molecular weight excluding hydrogens is 304 g/mol. The number of nitrogens with one attached hydrogen (secondary N) is 1. The topological polar surface area (TPSA) is 79.6 Å². The first-order valence-electron chi connectivity index (χ1n) is 6.90. The minimum Gasteiger partial charge on any atom is -0.459 e. The fraction of sp³-hybridized carbons (Fsp3) is 0.267. The second-order valence-corrected chi connectivity index (χ2v) is 7.00. The molecule has 0 fully saturated rings. The van der Waals surface area contributed by atoms with Crippen LogP contribution in [0.2, 0.25) is 0 Å². The molecule has 1 aliphatic rings. The number of hydrogen-bond donors (Lipinski definition) is 1. The maximum Gasteiger partial charge on any atom is 0.293 e. The number of sulfonamides is 1. The summed E-state index contributed by atoms with van der Waals surface area (Å²) in [5, 5.41) is 0. The highest BCUT2D eigenvalue weighted by atomic mass is 32.2. The molecule has 1 amide bonds. The van der Waals surface area contributed by atoms with Gasteiger partial charge in [-0.1, -0.05) is 6.07 Å². The van der Waals surface area contributed by atoms with Crippen molar-refractivity contribution >= 4 is 27.3 Å². The van der Waals surface area contributed by atoms with Crippen LogP contribution in [-0.4, -0.2) is 27.1 Å². The van der Waals surface area contributed by atoms with Crippen LogP contribution in [0.3, 0.4) is 0 Å². The molecule has 0 radical (unpaired) electrons. The molecule has 2 aromatic rings. The summed E-state index contributed by atoms with van der Waals surface area (Å²) >= 11 is 0. The highest BCUT2D eigenvalue weighted by Gasteiger charge is 2.25. The Balaban J connectivity index is 1.97. The van der Waals surface area contributed by atoms with Gasteiger partial charge in [-0.25, -0.2) is 8.42 Å². The highest BCUT2D eigenvalue weighted by Crippen LogP contribution is 2.31. The van der Waals surface area contributed by atoms with Gasteiger partial charge in [0.2, 0.25) is 10.0 Å². The van der Waals surface area contributed by atoms with Crippen LogP contribution in [0.5, 0.6) is 0 Å². The highest BCUT2D eigenvalue weighted by molar-refractivity contribution is 7.92. The third-order valence-electron chi connectivity index (χ3n) is 3.48. The second-order valence-electron chi connectivity index (χ2n) is 5.26. The molecule has 0 saturated carbocycles. The molecule has 7 heteroatoms. The van der Waals surface area contributed by atoms with E-state index in [1.807, 2.05) is 6.07 Å². The van der Waals surface area contributed by atoms with Crippen molar-refractivity contribution in [2.75, 3.05) is 22.4 Å². The Morgan fingerprint density at radius 1 is 1.32 bits per heavy atom. The predicted octanol–water partition coefficient (Wildman–Crippen LogP) is 2.24. The maximum absolute atomic E-state index is 12.5. The average molecular weight is 320 g/mol. The summed E-state index contributed by atoms with van der Waals surface area (Å²) in [5.41, 5.74) is 2.19. The van der Waals surface area contributed by atoms with Crippen molar-refractivity contribution in [2.24, 2.45) is 0 Å². The van der Waals surface area contributed by atoms with E-state index >= 15 is 0 Å². The summed E-state index contributed by atoms with van der Waals surface area (Å²) < 4.78 is 30.3. The molecule has 22 heavy (non-hydrogen) atoms. The van der Waals surface area contributed by atoms with E-state index < -0.39 is 10.0 Å². The maximum atomic E-state index is 12.5. The molecule has 1 aromatic carbocycles. The first kappa shape index (κ1) is 14.6. The van der Waals surface area contributed by atoms with Crippen molar-refractivity contribution in [2.45, 2.75) is 12.8 Å². The standard InChI is InChI=1S/C15H16N2O4S/c1-22(19,20)16-12-7-6-11-4-2-8-17(13(11)10-12)15(18)14-5-3-9-21-14/h3,5-7,9-10,16H,2,4,8H2,1H3. The molecule has 0 atom stereocenters. The van der Waals surface area contributed by atoms with Crippen LogP contribution in [0.15, 0.2) is 41.0 Å². The SMILES string of the molecule is CS(=O)(=O)Nc1ccc2c(c1)N(C(=O)c1ccco1)CCC2. The number of rotatable bonds is 3. The molecule has 1 N–H and O–H groups in total. The van der Waals surface area contributed by atoms with Crippen LogP contribution >= 0.6 is 0 Å². The van der Waals surface area contributed by atoms with E-state index in [9.17, 15) is 13.2 Å². The van der Waals surface area contributed by atoms with Crippen molar-refractivity contribution in [3.8, 4) is 0 Å². The Hall–Kier alpha value is -2.28. The van der Waals surface area contributed by atoms with Gasteiger partial charge >= 0.3 is 0 Å². The number of aryl methyl sites for hydroxylation is 1. The van der Waals surface area contributed by atoms with Gasteiger partial charge in [-0.05, 0) is 42.7 Å². The predicted molar refractivity (Wildman–Crippen MR) is 83.6 cm³/mol. The molecule has 0 bridgehead atoms. The summed E-state index contributed by atoms with van der Waals surface area (Å²) in [7, 11) is -3.36. The van der Waals surface area contributed by atoms with Gasteiger partial charge in [0.05, 0.1) is 18.2 Å². The van der Waals surface area contributed by atoms with Crippen molar-refractivity contribution in [3.63, 3.8) is 0 Å². The van der Waals surface area contributed by atoms with Crippen molar-refractivity contribution < 1.29 is 17.6 Å². The Morgan fingerprint density at radius 3 is 2.82 bits per heavy atom. The molecule has 1 aromatic heterocycles. The number of anilines is 2. The fourth-order valence-corrected chi connectivity index (χ4v) is 3.15. The number of hydrogen-bond acceptors (Lipinski definition) is 4. The second kappa shape index (κ2) is 5.49. The Morgan fingerprint density at radius 2 is 2.14 bits per heavy atom. The van der Waals surface area contributed by atoms with Gasteiger partial charge < -0.3 is 9.32 Å². The number of furan rings is 1. The first-order valence-corrected chi connectivity index (χ1v) is 8.79. The Bertz CT molecular complexity index is 797. The lowest BCUT2D eigenvalue weighted by atomic mass is 10.0. The lowest BCUT2D eigenvalue weighted by Gasteiger charge is -2.29. The van der Waals surface area contributed by atoms with Crippen LogP contribution in [0.4, 0.5) is 11.4 Å². The summed E-state index contributed by atoms with van der Waals surface area (Å²) in [6.07, 6.45) is 4.27. The fourth-order valence-electron chi connectivity index (χ4n) is 2.60. The van der Waals surface area contributed by atoms with E-state index in [0.29, 0.717) is 12.2 Å². The summed E-state index contributed by atoms with van der Waals surface area (Å²) in [5.74, 6) is 0.0526. The quantitative estimate of drug-likeness (QED) is 0.940. The zero-order valence-corrected chi connectivity index (χ0v) is 12.9. The lowest BCUT2D eigenvalue weighted by molar-refractivity contribution is 0.0958. The minimum absolute atomic E-state index is 0.220. The third-order valence-corrected chi connectivity index (χ3v) is 4.09. The van der Waals surface area contributed by atoms with E-state index in [1.54, 1.807) is 29.2 Å². The van der Waals surface area contributed by atoms with Gasteiger partial charge in [-0.15, -0.1) is 0 Å². The zero-order chi connectivity index (χ0) is 15.7. The van der Waals surface area contributed by atoms with Gasteiger partial charge in [-0.2, -0.15) is 0 Å². The summed E-state index contributed by atoms with van der Waals surface area (Å²) in [4.78, 5) is 14.1.